The summed E-state index contributed by atoms with van der Waals surface area (Å²) >= 11 is 0. The molecular weight excluding hydrogens is 368 g/mol. The van der Waals surface area contributed by atoms with E-state index in [0.717, 1.165) is 5.56 Å². The quantitative estimate of drug-likeness (QED) is 0.557. The lowest BCUT2D eigenvalue weighted by Gasteiger charge is -2.21. The summed E-state index contributed by atoms with van der Waals surface area (Å²) < 4.78 is 26.1. The predicted octanol–water partition coefficient (Wildman–Crippen LogP) is 0.431. The fraction of sp³-hybridized carbons (Fsp3) is 0.556. The van der Waals surface area contributed by atoms with Crippen molar-refractivity contribution in [2.45, 2.75) is 51.2 Å². The maximum Gasteiger partial charge on any atom is 0.243 e. The normalized spacial score (nSPS) is 13.1. The summed E-state index contributed by atoms with van der Waals surface area (Å²) in [6.07, 6.45) is 0. The Labute approximate surface area is 161 Å². The van der Waals surface area contributed by atoms with E-state index < -0.39 is 16.1 Å². The standard InChI is InChI=1S/C18H30N4O4S/c1-12(2)17(19)18(24)21-11-16(23)20-10-14-6-8-15(9-7-14)27(25,26)22(5)13(3)4/h6-9,12-13,17H,10-11,19H2,1-5H3,(H,20,23)(H,21,24)/t17-/m0/s1. The zero-order valence-corrected chi connectivity index (χ0v) is 17.3. The Morgan fingerprint density at radius 1 is 1.07 bits per heavy atom. The molecule has 0 bridgehead atoms. The van der Waals surface area contributed by atoms with Crippen LogP contribution in [0.2, 0.25) is 0 Å². The second kappa shape index (κ2) is 9.82. The van der Waals surface area contributed by atoms with E-state index in [-0.39, 0.29) is 41.8 Å². The number of nitrogens with one attached hydrogen (secondary N) is 2. The number of rotatable bonds is 9. The van der Waals surface area contributed by atoms with Crippen molar-refractivity contribution in [1.82, 2.24) is 14.9 Å². The molecule has 4 N–H and O–H groups in total. The summed E-state index contributed by atoms with van der Waals surface area (Å²) in [5.74, 6) is -0.739. The summed E-state index contributed by atoms with van der Waals surface area (Å²) in [5, 5.41) is 5.16. The molecule has 8 nitrogen and oxygen atoms in total. The molecule has 0 aliphatic rings. The molecule has 0 unspecified atom stereocenters. The number of carbonyl (C=O) groups is 2. The second-order valence-electron chi connectivity index (χ2n) is 7.02. The van der Waals surface area contributed by atoms with Gasteiger partial charge in [0.05, 0.1) is 17.5 Å². The molecule has 0 radical (unpaired) electrons. The van der Waals surface area contributed by atoms with Gasteiger partial charge >= 0.3 is 0 Å². The van der Waals surface area contributed by atoms with E-state index >= 15 is 0 Å². The number of hydrogen-bond acceptors (Lipinski definition) is 5. The first-order chi connectivity index (χ1) is 12.5. The zero-order valence-electron chi connectivity index (χ0n) is 16.5. The number of nitrogens with two attached hydrogens (primary N) is 1. The van der Waals surface area contributed by atoms with Crippen LogP contribution in [0, 0.1) is 5.92 Å². The van der Waals surface area contributed by atoms with E-state index in [0.29, 0.717) is 0 Å². The topological polar surface area (TPSA) is 122 Å². The summed E-state index contributed by atoms with van der Waals surface area (Å²) in [6, 6.07) is 5.52. The molecule has 0 fully saturated rings. The van der Waals surface area contributed by atoms with E-state index in [4.69, 9.17) is 5.73 Å². The van der Waals surface area contributed by atoms with Gasteiger partial charge in [-0.05, 0) is 37.5 Å². The minimum Gasteiger partial charge on any atom is -0.350 e. The third-order valence-electron chi connectivity index (χ3n) is 4.26. The van der Waals surface area contributed by atoms with Gasteiger partial charge in [0.25, 0.3) is 0 Å². The van der Waals surface area contributed by atoms with E-state index in [1.54, 1.807) is 26.0 Å². The Kier molecular flexibility index (Phi) is 8.39. The smallest absolute Gasteiger partial charge is 0.243 e. The monoisotopic (exact) mass is 398 g/mol. The number of amides is 2. The van der Waals surface area contributed by atoms with Crippen molar-refractivity contribution in [1.29, 1.82) is 0 Å². The molecule has 0 aromatic heterocycles. The SMILES string of the molecule is CC(C)[C@H](N)C(=O)NCC(=O)NCc1ccc(S(=O)(=O)N(C)C(C)C)cc1. The molecule has 1 aromatic carbocycles. The Morgan fingerprint density at radius 3 is 2.11 bits per heavy atom. The van der Waals surface area contributed by atoms with Gasteiger partial charge in [-0.2, -0.15) is 4.31 Å². The van der Waals surface area contributed by atoms with Crippen LogP contribution in [0.25, 0.3) is 0 Å². The van der Waals surface area contributed by atoms with Crippen LogP contribution in [-0.2, 0) is 26.2 Å². The van der Waals surface area contributed by atoms with Crippen LogP contribution >= 0.6 is 0 Å². The summed E-state index contributed by atoms with van der Waals surface area (Å²) in [5.41, 5.74) is 6.45. The molecular formula is C18H30N4O4S. The first kappa shape index (κ1) is 23.1. The second-order valence-corrected chi connectivity index (χ2v) is 9.02. The maximum atomic E-state index is 12.4. The lowest BCUT2D eigenvalue weighted by molar-refractivity contribution is -0.127. The maximum absolute atomic E-state index is 12.4. The molecule has 0 aliphatic carbocycles. The van der Waals surface area contributed by atoms with Gasteiger partial charge in [0, 0.05) is 19.6 Å². The Morgan fingerprint density at radius 2 is 1.63 bits per heavy atom. The van der Waals surface area contributed by atoms with Crippen LogP contribution in [0.3, 0.4) is 0 Å². The van der Waals surface area contributed by atoms with Gasteiger partial charge in [-0.25, -0.2) is 8.42 Å². The Balaban J connectivity index is 2.57. The summed E-state index contributed by atoms with van der Waals surface area (Å²) in [6.45, 7) is 7.32. The van der Waals surface area contributed by atoms with Crippen molar-refractivity contribution in [3.8, 4) is 0 Å². The average molecular weight is 399 g/mol. The first-order valence-corrected chi connectivity index (χ1v) is 10.3. The molecule has 27 heavy (non-hydrogen) atoms. The zero-order chi connectivity index (χ0) is 20.8. The summed E-state index contributed by atoms with van der Waals surface area (Å²) in [7, 11) is -2.00. The van der Waals surface area contributed by atoms with Crippen molar-refractivity contribution in [2.24, 2.45) is 11.7 Å². The molecule has 1 aromatic rings. The highest BCUT2D eigenvalue weighted by molar-refractivity contribution is 7.89. The van der Waals surface area contributed by atoms with Gasteiger partial charge in [0.1, 0.15) is 0 Å². The van der Waals surface area contributed by atoms with Crippen LogP contribution in [-0.4, -0.2) is 50.2 Å². The highest BCUT2D eigenvalue weighted by Gasteiger charge is 2.22. The van der Waals surface area contributed by atoms with Crippen molar-refractivity contribution in [2.75, 3.05) is 13.6 Å². The Bertz CT molecular complexity index is 745. The molecule has 0 spiro atoms. The highest BCUT2D eigenvalue weighted by atomic mass is 32.2. The van der Waals surface area contributed by atoms with Crippen LogP contribution in [0.1, 0.15) is 33.3 Å². The number of carbonyl (C=O) groups excluding carboxylic acids is 2. The third kappa shape index (κ3) is 6.60. The molecule has 9 heteroatoms. The molecule has 0 aliphatic heterocycles. The predicted molar refractivity (Wildman–Crippen MR) is 104 cm³/mol. The largest absolute Gasteiger partial charge is 0.350 e. The fourth-order valence-electron chi connectivity index (χ4n) is 2.07. The van der Waals surface area contributed by atoms with Crippen LogP contribution in [0.15, 0.2) is 29.2 Å². The molecule has 0 saturated heterocycles. The Hall–Kier alpha value is -1.97. The van der Waals surface area contributed by atoms with Gasteiger partial charge in [-0.15, -0.1) is 0 Å². The molecule has 1 rings (SSSR count). The van der Waals surface area contributed by atoms with E-state index in [1.165, 1.54) is 23.5 Å². The number of hydrogen-bond donors (Lipinski definition) is 3. The first-order valence-electron chi connectivity index (χ1n) is 8.83. The van der Waals surface area contributed by atoms with E-state index in [9.17, 15) is 18.0 Å². The van der Waals surface area contributed by atoms with Crippen LogP contribution in [0.5, 0.6) is 0 Å². The number of sulfonamides is 1. The van der Waals surface area contributed by atoms with Gasteiger partial charge in [-0.1, -0.05) is 26.0 Å². The minimum atomic E-state index is -3.53. The average Bonchev–Trinajstić information content (AvgIpc) is 2.63. The van der Waals surface area contributed by atoms with Gasteiger partial charge < -0.3 is 16.4 Å². The molecule has 0 saturated carbocycles. The third-order valence-corrected chi connectivity index (χ3v) is 6.31. The molecule has 152 valence electrons. The van der Waals surface area contributed by atoms with Gasteiger partial charge in [0.2, 0.25) is 21.8 Å². The molecule has 1 atom stereocenters. The van der Waals surface area contributed by atoms with Crippen LogP contribution < -0.4 is 16.4 Å². The fourth-order valence-corrected chi connectivity index (χ4v) is 3.44. The van der Waals surface area contributed by atoms with E-state index in [1.807, 2.05) is 13.8 Å². The van der Waals surface area contributed by atoms with Crippen molar-refractivity contribution in [3.05, 3.63) is 29.8 Å². The highest BCUT2D eigenvalue weighted by Crippen LogP contribution is 2.17. The molecule has 0 heterocycles. The molecule has 2 amide bonds. The van der Waals surface area contributed by atoms with Crippen molar-refractivity contribution in [3.63, 3.8) is 0 Å². The minimum absolute atomic E-state index is 0.0161. The lowest BCUT2D eigenvalue weighted by Crippen LogP contribution is -2.47. The summed E-state index contributed by atoms with van der Waals surface area (Å²) in [4.78, 5) is 23.8. The van der Waals surface area contributed by atoms with Crippen molar-refractivity contribution < 1.29 is 18.0 Å². The van der Waals surface area contributed by atoms with Gasteiger partial charge in [0.15, 0.2) is 0 Å². The number of nitrogens with zero attached hydrogens (tertiary/aromatic N) is 1. The van der Waals surface area contributed by atoms with Gasteiger partial charge in [-0.3, -0.25) is 9.59 Å². The number of benzene rings is 1. The van der Waals surface area contributed by atoms with Crippen LogP contribution in [0.4, 0.5) is 0 Å². The lowest BCUT2D eigenvalue weighted by atomic mass is 10.1. The van der Waals surface area contributed by atoms with Crippen molar-refractivity contribution >= 4 is 21.8 Å². The van der Waals surface area contributed by atoms with E-state index in [2.05, 4.69) is 10.6 Å².